The van der Waals surface area contributed by atoms with Gasteiger partial charge in [-0.3, -0.25) is 4.68 Å². The zero-order valence-corrected chi connectivity index (χ0v) is 12.3. The van der Waals surface area contributed by atoms with Crippen molar-refractivity contribution >= 4 is 17.2 Å². The van der Waals surface area contributed by atoms with Crippen LogP contribution >= 0.6 is 0 Å². The Morgan fingerprint density at radius 3 is 2.80 bits per heavy atom. The average molecular weight is 270 g/mol. The van der Waals surface area contributed by atoms with Gasteiger partial charge in [0.1, 0.15) is 0 Å². The first-order valence-electron chi connectivity index (χ1n) is 7.39. The zero-order valence-electron chi connectivity index (χ0n) is 12.3. The van der Waals surface area contributed by atoms with Gasteiger partial charge in [0.2, 0.25) is 0 Å². The maximum atomic E-state index is 6.33. The van der Waals surface area contributed by atoms with E-state index in [1.165, 1.54) is 24.1 Å². The molecule has 4 heteroatoms. The lowest BCUT2D eigenvalue weighted by Crippen LogP contribution is -2.21. The molecule has 0 saturated heterocycles. The molecular weight excluding hydrogens is 248 g/mol. The monoisotopic (exact) mass is 270 g/mol. The standard InChI is InChI=1S/C16H22N4/c1-3-13-15(17)16(19(2)18-13)20-11-7-6-9-12-8-4-5-10-14(12)20/h4-5,8,10H,3,6-7,9,11,17H2,1-2H3. The first-order chi connectivity index (χ1) is 9.72. The Morgan fingerprint density at radius 2 is 2.05 bits per heavy atom. The lowest BCUT2D eigenvalue weighted by Gasteiger charge is -2.25. The van der Waals surface area contributed by atoms with Crippen LogP contribution in [-0.4, -0.2) is 16.3 Å². The highest BCUT2D eigenvalue weighted by Gasteiger charge is 2.23. The first kappa shape index (κ1) is 13.0. The highest BCUT2D eigenvalue weighted by atomic mass is 15.4. The Bertz CT molecular complexity index is 615. The summed E-state index contributed by atoms with van der Waals surface area (Å²) in [7, 11) is 1.98. The van der Waals surface area contributed by atoms with E-state index in [1.807, 2.05) is 11.7 Å². The van der Waals surface area contributed by atoms with E-state index < -0.39 is 0 Å². The quantitative estimate of drug-likeness (QED) is 0.912. The summed E-state index contributed by atoms with van der Waals surface area (Å²) in [6.07, 6.45) is 4.42. The second-order valence-corrected chi connectivity index (χ2v) is 5.40. The third kappa shape index (κ3) is 2.05. The lowest BCUT2D eigenvalue weighted by molar-refractivity contribution is 0.711. The molecule has 0 fully saturated rings. The van der Waals surface area contributed by atoms with E-state index in [9.17, 15) is 0 Å². The number of hydrogen-bond donors (Lipinski definition) is 1. The fourth-order valence-electron chi connectivity index (χ4n) is 3.08. The van der Waals surface area contributed by atoms with Crippen LogP contribution in [0.5, 0.6) is 0 Å². The van der Waals surface area contributed by atoms with Crippen molar-refractivity contribution in [3.05, 3.63) is 35.5 Å². The van der Waals surface area contributed by atoms with E-state index >= 15 is 0 Å². The fourth-order valence-corrected chi connectivity index (χ4v) is 3.08. The van der Waals surface area contributed by atoms with Crippen LogP contribution in [0, 0.1) is 0 Å². The number of nitrogens with two attached hydrogens (primary N) is 1. The molecule has 1 aromatic heterocycles. The van der Waals surface area contributed by atoms with Crippen LogP contribution in [-0.2, 0) is 19.9 Å². The van der Waals surface area contributed by atoms with Crippen molar-refractivity contribution in [1.29, 1.82) is 0 Å². The van der Waals surface area contributed by atoms with Crippen molar-refractivity contribution in [2.24, 2.45) is 7.05 Å². The first-order valence-corrected chi connectivity index (χ1v) is 7.39. The number of para-hydroxylation sites is 1. The molecule has 0 saturated carbocycles. The molecule has 4 nitrogen and oxygen atoms in total. The Balaban J connectivity index is 2.12. The van der Waals surface area contributed by atoms with Crippen LogP contribution < -0.4 is 10.6 Å². The third-order valence-corrected chi connectivity index (χ3v) is 4.08. The Hall–Kier alpha value is -1.97. The number of aryl methyl sites for hydroxylation is 3. The molecule has 1 aliphatic rings. The van der Waals surface area contributed by atoms with Gasteiger partial charge in [-0.15, -0.1) is 0 Å². The molecule has 2 heterocycles. The van der Waals surface area contributed by atoms with Gasteiger partial charge in [-0.2, -0.15) is 5.10 Å². The normalized spacial score (nSPS) is 15.0. The van der Waals surface area contributed by atoms with Crippen LogP contribution in [0.25, 0.3) is 0 Å². The maximum absolute atomic E-state index is 6.33. The number of anilines is 3. The predicted molar refractivity (Wildman–Crippen MR) is 83.4 cm³/mol. The number of fused-ring (bicyclic) bond motifs is 1. The molecule has 0 spiro atoms. The molecule has 3 rings (SSSR count). The number of rotatable bonds is 2. The van der Waals surface area contributed by atoms with Crippen molar-refractivity contribution in [3.8, 4) is 0 Å². The van der Waals surface area contributed by atoms with E-state index in [-0.39, 0.29) is 0 Å². The average Bonchev–Trinajstić information content (AvgIpc) is 2.64. The fraction of sp³-hybridized carbons (Fsp3) is 0.438. The van der Waals surface area contributed by atoms with Crippen LogP contribution in [0.4, 0.5) is 17.2 Å². The minimum atomic E-state index is 0.826. The molecular formula is C16H22N4. The highest BCUT2D eigenvalue weighted by molar-refractivity contribution is 5.75. The Kier molecular flexibility index (Phi) is 3.38. The Labute approximate surface area is 120 Å². The second-order valence-electron chi connectivity index (χ2n) is 5.40. The molecule has 2 aromatic rings. The molecule has 0 aliphatic carbocycles. The summed E-state index contributed by atoms with van der Waals surface area (Å²) in [5.74, 6) is 1.04. The van der Waals surface area contributed by atoms with E-state index in [0.29, 0.717) is 0 Å². The summed E-state index contributed by atoms with van der Waals surface area (Å²) in [6.45, 7) is 3.10. The van der Waals surface area contributed by atoms with Gasteiger partial charge in [0, 0.05) is 19.3 Å². The third-order valence-electron chi connectivity index (χ3n) is 4.08. The van der Waals surface area contributed by atoms with Crippen LogP contribution in [0.2, 0.25) is 0 Å². The van der Waals surface area contributed by atoms with Gasteiger partial charge in [0.15, 0.2) is 5.82 Å². The van der Waals surface area contributed by atoms with Crippen molar-refractivity contribution in [1.82, 2.24) is 9.78 Å². The smallest absolute Gasteiger partial charge is 0.154 e. The summed E-state index contributed by atoms with van der Waals surface area (Å²) in [5.41, 5.74) is 10.8. The second kappa shape index (κ2) is 5.19. The minimum Gasteiger partial charge on any atom is -0.394 e. The van der Waals surface area contributed by atoms with Crippen LogP contribution in [0.3, 0.4) is 0 Å². The van der Waals surface area contributed by atoms with Crippen LogP contribution in [0.1, 0.15) is 31.0 Å². The van der Waals surface area contributed by atoms with Crippen LogP contribution in [0.15, 0.2) is 24.3 Å². The number of nitrogen functional groups attached to an aromatic ring is 1. The molecule has 20 heavy (non-hydrogen) atoms. The molecule has 0 unspecified atom stereocenters. The van der Waals surface area contributed by atoms with Crippen molar-refractivity contribution in [3.63, 3.8) is 0 Å². The molecule has 0 radical (unpaired) electrons. The maximum Gasteiger partial charge on any atom is 0.154 e. The van der Waals surface area contributed by atoms with E-state index in [1.54, 1.807) is 0 Å². The summed E-state index contributed by atoms with van der Waals surface area (Å²) in [6, 6.07) is 8.64. The summed E-state index contributed by atoms with van der Waals surface area (Å²) in [5, 5.41) is 4.56. The van der Waals surface area contributed by atoms with Gasteiger partial charge in [0.25, 0.3) is 0 Å². The van der Waals surface area contributed by atoms with E-state index in [0.717, 1.165) is 36.6 Å². The van der Waals surface area contributed by atoms with E-state index in [2.05, 4.69) is 41.2 Å². The molecule has 1 aliphatic heterocycles. The minimum absolute atomic E-state index is 0.826. The number of benzene rings is 1. The van der Waals surface area contributed by atoms with Gasteiger partial charge in [-0.1, -0.05) is 25.1 Å². The number of hydrogen-bond acceptors (Lipinski definition) is 3. The molecule has 106 valence electrons. The number of nitrogens with zero attached hydrogens (tertiary/aromatic N) is 3. The van der Waals surface area contributed by atoms with Gasteiger partial charge in [-0.25, -0.2) is 0 Å². The van der Waals surface area contributed by atoms with Gasteiger partial charge in [0.05, 0.1) is 11.4 Å². The predicted octanol–water partition coefficient (Wildman–Crippen LogP) is 3.04. The van der Waals surface area contributed by atoms with E-state index in [4.69, 9.17) is 5.73 Å². The SMILES string of the molecule is CCc1nn(C)c(N2CCCCc3ccccc32)c1N. The largest absolute Gasteiger partial charge is 0.394 e. The molecule has 0 bridgehead atoms. The van der Waals surface area contributed by atoms with Crippen molar-refractivity contribution < 1.29 is 0 Å². The highest BCUT2D eigenvalue weighted by Crippen LogP contribution is 2.36. The van der Waals surface area contributed by atoms with Gasteiger partial charge < -0.3 is 10.6 Å². The van der Waals surface area contributed by atoms with Gasteiger partial charge in [-0.05, 0) is 37.3 Å². The molecule has 0 amide bonds. The van der Waals surface area contributed by atoms with Gasteiger partial charge >= 0.3 is 0 Å². The summed E-state index contributed by atoms with van der Waals surface area (Å²) in [4.78, 5) is 2.34. The Morgan fingerprint density at radius 1 is 1.25 bits per heavy atom. The van der Waals surface area contributed by atoms with Crippen molar-refractivity contribution in [2.45, 2.75) is 32.6 Å². The number of aromatic nitrogens is 2. The molecule has 1 aromatic carbocycles. The van der Waals surface area contributed by atoms with Crippen molar-refractivity contribution in [2.75, 3.05) is 17.2 Å². The zero-order chi connectivity index (χ0) is 14.1. The molecule has 2 N–H and O–H groups in total. The summed E-state index contributed by atoms with van der Waals surface area (Å²) >= 11 is 0. The lowest BCUT2D eigenvalue weighted by atomic mass is 10.1. The topological polar surface area (TPSA) is 47.1 Å². The summed E-state index contributed by atoms with van der Waals surface area (Å²) < 4.78 is 1.93. The molecule has 0 atom stereocenters.